The molecular weight excluding hydrogens is 488 g/mol. The van der Waals surface area contributed by atoms with E-state index in [9.17, 15) is 13.2 Å². The largest absolute Gasteiger partial charge is 0.396 e. The van der Waals surface area contributed by atoms with Crippen molar-refractivity contribution in [3.05, 3.63) is 98.9 Å². The molecule has 3 N–H and O–H groups in total. The van der Waals surface area contributed by atoms with Gasteiger partial charge in [-0.25, -0.2) is 8.42 Å². The molecule has 1 aromatic heterocycles. The van der Waals surface area contributed by atoms with Gasteiger partial charge >= 0.3 is 0 Å². The number of halogens is 1. The third-order valence-corrected chi connectivity index (χ3v) is 8.89. The van der Waals surface area contributed by atoms with Gasteiger partial charge in [-0.2, -0.15) is 0 Å². The van der Waals surface area contributed by atoms with Crippen LogP contribution in [0, 0.1) is 20.8 Å². The molecule has 0 spiro atoms. The first-order valence-corrected chi connectivity index (χ1v) is 13.1. The minimum atomic E-state index is -4.05. The van der Waals surface area contributed by atoms with Gasteiger partial charge in [0.2, 0.25) is 15.6 Å². The lowest BCUT2D eigenvalue weighted by molar-refractivity contribution is 0.104. The Morgan fingerprint density at radius 2 is 1.50 bits per heavy atom. The zero-order valence-corrected chi connectivity index (χ0v) is 21.2. The van der Waals surface area contributed by atoms with Crippen LogP contribution in [0.25, 0.3) is 0 Å². The second kappa shape index (κ2) is 9.25. The van der Waals surface area contributed by atoms with Crippen LogP contribution in [0.1, 0.15) is 31.9 Å². The summed E-state index contributed by atoms with van der Waals surface area (Å²) in [6.07, 6.45) is 0. The van der Waals surface area contributed by atoms with E-state index >= 15 is 0 Å². The van der Waals surface area contributed by atoms with Crippen molar-refractivity contribution >= 4 is 54.9 Å². The van der Waals surface area contributed by atoms with Crippen molar-refractivity contribution in [2.75, 3.05) is 11.1 Å². The predicted octanol–water partition coefficient (Wildman–Crippen LogP) is 6.72. The second-order valence-electron chi connectivity index (χ2n) is 8.05. The number of benzene rings is 3. The number of ketones is 1. The number of para-hydroxylation sites is 1. The zero-order chi connectivity index (χ0) is 24.6. The first kappa shape index (κ1) is 24.0. The molecule has 0 atom stereocenters. The number of rotatable bonds is 6. The number of hydrogen-bond donors (Lipinski definition) is 2. The highest BCUT2D eigenvalue weighted by atomic mass is 35.5. The third-order valence-electron chi connectivity index (χ3n) is 5.53. The molecule has 1 heterocycles. The van der Waals surface area contributed by atoms with Crippen molar-refractivity contribution in [3.8, 4) is 0 Å². The molecular formula is C26H23ClN2O3S2. The number of thiophene rings is 1. The molecule has 4 rings (SSSR count). The maximum absolute atomic E-state index is 13.7. The monoisotopic (exact) mass is 510 g/mol. The topological polar surface area (TPSA) is 89.3 Å². The summed E-state index contributed by atoms with van der Waals surface area (Å²) in [6, 6.07) is 18.7. The highest BCUT2D eigenvalue weighted by Crippen LogP contribution is 2.44. The number of anilines is 3. The summed E-state index contributed by atoms with van der Waals surface area (Å²) in [4.78, 5) is 13.4. The lowest BCUT2D eigenvalue weighted by atomic mass is 10.1. The van der Waals surface area contributed by atoms with Gasteiger partial charge in [0, 0.05) is 16.3 Å². The van der Waals surface area contributed by atoms with Gasteiger partial charge in [0.05, 0.1) is 10.6 Å². The molecule has 4 aromatic rings. The lowest BCUT2D eigenvalue weighted by Crippen LogP contribution is -2.08. The van der Waals surface area contributed by atoms with Crippen molar-refractivity contribution in [2.45, 2.75) is 30.6 Å². The molecule has 0 bridgehead atoms. The van der Waals surface area contributed by atoms with Crippen molar-refractivity contribution in [1.82, 2.24) is 0 Å². The van der Waals surface area contributed by atoms with Crippen LogP contribution in [0.5, 0.6) is 0 Å². The first-order valence-electron chi connectivity index (χ1n) is 10.5. The van der Waals surface area contributed by atoms with Crippen LogP contribution < -0.4 is 11.1 Å². The predicted molar refractivity (Wildman–Crippen MR) is 139 cm³/mol. The number of hydrogen-bond acceptors (Lipinski definition) is 6. The van der Waals surface area contributed by atoms with Crippen LogP contribution in [0.2, 0.25) is 5.02 Å². The van der Waals surface area contributed by atoms with Crippen LogP contribution in [-0.2, 0) is 9.84 Å². The smallest absolute Gasteiger partial charge is 0.211 e. The third kappa shape index (κ3) is 4.46. The van der Waals surface area contributed by atoms with Crippen molar-refractivity contribution in [3.63, 3.8) is 0 Å². The molecule has 0 saturated heterocycles. The molecule has 3 aromatic carbocycles. The van der Waals surface area contributed by atoms with Crippen molar-refractivity contribution in [1.29, 1.82) is 0 Å². The van der Waals surface area contributed by atoms with Crippen molar-refractivity contribution in [2.24, 2.45) is 0 Å². The normalized spacial score (nSPS) is 11.4. The van der Waals surface area contributed by atoms with E-state index in [1.807, 2.05) is 51.1 Å². The molecule has 0 aliphatic rings. The van der Waals surface area contributed by atoms with Crippen LogP contribution in [0.15, 0.2) is 76.5 Å². The molecule has 0 unspecified atom stereocenters. The van der Waals surface area contributed by atoms with E-state index in [0.717, 1.165) is 33.7 Å². The summed E-state index contributed by atoms with van der Waals surface area (Å²) in [5.74, 6) is -0.329. The maximum atomic E-state index is 13.7. The molecule has 0 saturated carbocycles. The van der Waals surface area contributed by atoms with E-state index in [1.54, 1.807) is 12.1 Å². The molecule has 0 aliphatic heterocycles. The van der Waals surface area contributed by atoms with Gasteiger partial charge in [0.1, 0.15) is 14.8 Å². The molecule has 174 valence electrons. The van der Waals surface area contributed by atoms with Gasteiger partial charge < -0.3 is 11.1 Å². The van der Waals surface area contributed by atoms with Gasteiger partial charge in [0.15, 0.2) is 0 Å². The van der Waals surface area contributed by atoms with E-state index in [-0.39, 0.29) is 26.1 Å². The van der Waals surface area contributed by atoms with Crippen LogP contribution in [0.4, 0.5) is 16.4 Å². The minimum absolute atomic E-state index is 0.0419. The van der Waals surface area contributed by atoms with Gasteiger partial charge in [0.25, 0.3) is 0 Å². The molecule has 0 aliphatic carbocycles. The quantitative estimate of drug-likeness (QED) is 0.281. The van der Waals surface area contributed by atoms with Crippen LogP contribution in [-0.4, -0.2) is 14.2 Å². The van der Waals surface area contributed by atoms with E-state index < -0.39 is 9.84 Å². The number of carbonyl (C=O) groups excluding carboxylic acids is 1. The highest BCUT2D eigenvalue weighted by Gasteiger charge is 2.32. The Morgan fingerprint density at radius 1 is 0.912 bits per heavy atom. The highest BCUT2D eigenvalue weighted by molar-refractivity contribution is 7.92. The fourth-order valence-corrected chi connectivity index (χ4v) is 6.68. The number of aryl methyl sites for hydroxylation is 3. The lowest BCUT2D eigenvalue weighted by Gasteiger charge is -2.13. The van der Waals surface area contributed by atoms with Crippen LogP contribution >= 0.6 is 22.9 Å². The van der Waals surface area contributed by atoms with Crippen LogP contribution in [0.3, 0.4) is 0 Å². The Kier molecular flexibility index (Phi) is 6.53. The molecule has 8 heteroatoms. The van der Waals surface area contributed by atoms with Gasteiger partial charge in [-0.1, -0.05) is 59.6 Å². The summed E-state index contributed by atoms with van der Waals surface area (Å²) in [5.41, 5.74) is 10.4. The average Bonchev–Trinajstić information content (AvgIpc) is 3.13. The average molecular weight is 511 g/mol. The zero-order valence-electron chi connectivity index (χ0n) is 18.8. The summed E-state index contributed by atoms with van der Waals surface area (Å²) >= 11 is 7.00. The first-order chi connectivity index (χ1) is 16.1. The standard InChI is InChI=1S/C26H23ClN2O3S2/c1-15-7-9-18(10-8-15)23(30)24-21(28)25(34(31,32)20-13-11-19(27)12-14-20)26(33-24)29-22-16(2)5-4-6-17(22)3/h4-14,29H,28H2,1-3H3. The number of nitrogen functional groups attached to an aromatic ring is 1. The van der Waals surface area contributed by atoms with E-state index in [4.69, 9.17) is 17.3 Å². The molecule has 0 amide bonds. The van der Waals surface area contributed by atoms with Crippen molar-refractivity contribution < 1.29 is 13.2 Å². The van der Waals surface area contributed by atoms with E-state index in [2.05, 4.69) is 5.32 Å². The molecule has 34 heavy (non-hydrogen) atoms. The fourth-order valence-electron chi connectivity index (χ4n) is 3.64. The Morgan fingerprint density at radius 3 is 2.09 bits per heavy atom. The van der Waals surface area contributed by atoms with Gasteiger partial charge in [-0.15, -0.1) is 11.3 Å². The summed E-state index contributed by atoms with van der Waals surface area (Å²) in [5, 5.41) is 3.96. The molecule has 0 radical (unpaired) electrons. The van der Waals surface area contributed by atoms with E-state index in [0.29, 0.717) is 15.6 Å². The summed E-state index contributed by atoms with van der Waals surface area (Å²) in [6.45, 7) is 5.78. The maximum Gasteiger partial charge on any atom is 0.211 e. The SMILES string of the molecule is Cc1ccc(C(=O)c2sc(Nc3c(C)cccc3C)c(S(=O)(=O)c3ccc(Cl)cc3)c2N)cc1. The Bertz CT molecular complexity index is 1470. The Labute approximate surface area is 208 Å². The van der Waals surface area contributed by atoms with Gasteiger partial charge in [-0.3, -0.25) is 4.79 Å². The second-order valence-corrected chi connectivity index (χ2v) is 11.4. The number of sulfone groups is 1. The fraction of sp³-hybridized carbons (Fsp3) is 0.115. The Hall–Kier alpha value is -3.13. The molecule has 5 nitrogen and oxygen atoms in total. The summed E-state index contributed by atoms with van der Waals surface area (Å²) < 4.78 is 27.4. The number of nitrogens with two attached hydrogens (primary N) is 1. The Balaban J connectivity index is 1.91. The van der Waals surface area contributed by atoms with E-state index in [1.165, 1.54) is 24.3 Å². The van der Waals surface area contributed by atoms with Gasteiger partial charge in [-0.05, 0) is 56.2 Å². The number of nitrogens with one attached hydrogen (secondary N) is 1. The minimum Gasteiger partial charge on any atom is -0.396 e. The number of carbonyl (C=O) groups is 1. The molecule has 0 fully saturated rings. The summed E-state index contributed by atoms with van der Waals surface area (Å²) in [7, 11) is -4.05.